The van der Waals surface area contributed by atoms with Gasteiger partial charge in [-0.15, -0.1) is 11.8 Å². The summed E-state index contributed by atoms with van der Waals surface area (Å²) < 4.78 is 11.9. The van der Waals surface area contributed by atoms with Crippen LogP contribution in [0.1, 0.15) is 101 Å². The second-order valence-corrected chi connectivity index (χ2v) is 12.8. The highest BCUT2D eigenvalue weighted by Gasteiger charge is 2.47. The number of carbonyl (C=O) groups excluding carboxylic acids is 1. The standard InChI is InChI=1S/C27H43N3O4S/c1-2-19-15-27(32)12-6-7-20(16-27)22(19)29-25(31)23-24(35-21-8-4-3-5-9-21)26(30-34-23)33-17-18-10-13-28-14-11-18/h18-22,28,32H,2-17H2,1H3,(H,29,31). The largest absolute Gasteiger partial charge is 0.474 e. The average Bonchev–Trinajstić information content (AvgIpc) is 3.27. The van der Waals surface area contributed by atoms with Crippen molar-refractivity contribution in [3.63, 3.8) is 0 Å². The first-order chi connectivity index (χ1) is 17.0. The van der Waals surface area contributed by atoms with Crippen LogP contribution in [-0.2, 0) is 0 Å². The number of hydrogen-bond acceptors (Lipinski definition) is 7. The quantitative estimate of drug-likeness (QED) is 0.461. The van der Waals surface area contributed by atoms with Gasteiger partial charge in [-0.1, -0.05) is 39.0 Å². The minimum absolute atomic E-state index is 0.0739. The number of ether oxygens (including phenoxy) is 1. The van der Waals surface area contributed by atoms with E-state index in [1.807, 2.05) is 0 Å². The molecule has 3 aliphatic carbocycles. The van der Waals surface area contributed by atoms with E-state index >= 15 is 0 Å². The van der Waals surface area contributed by atoms with E-state index in [-0.39, 0.29) is 17.9 Å². The molecule has 7 nitrogen and oxygen atoms in total. The summed E-state index contributed by atoms with van der Waals surface area (Å²) in [5, 5.41) is 22.5. The zero-order chi connectivity index (χ0) is 24.3. The minimum atomic E-state index is -0.547. The Balaban J connectivity index is 1.32. The molecule has 4 atom stereocenters. The molecule has 2 bridgehead atoms. The molecule has 4 unspecified atom stereocenters. The fourth-order valence-electron chi connectivity index (χ4n) is 6.93. The fraction of sp³-hybridized carbons (Fsp3) is 0.852. The maximum atomic E-state index is 13.6. The lowest BCUT2D eigenvalue weighted by molar-refractivity contribution is -0.0802. The molecule has 35 heavy (non-hydrogen) atoms. The summed E-state index contributed by atoms with van der Waals surface area (Å²) in [6.45, 7) is 4.84. The summed E-state index contributed by atoms with van der Waals surface area (Å²) in [7, 11) is 0. The molecule has 1 aromatic rings. The number of nitrogens with zero attached hydrogens (tertiary/aromatic N) is 1. The summed E-state index contributed by atoms with van der Waals surface area (Å²) >= 11 is 1.73. The molecule has 1 amide bonds. The van der Waals surface area contributed by atoms with E-state index in [0.717, 1.165) is 82.2 Å². The highest BCUT2D eigenvalue weighted by molar-refractivity contribution is 8.00. The smallest absolute Gasteiger partial charge is 0.291 e. The molecule has 3 N–H and O–H groups in total. The second kappa shape index (κ2) is 11.4. The van der Waals surface area contributed by atoms with Crippen molar-refractivity contribution in [3.05, 3.63) is 5.76 Å². The van der Waals surface area contributed by atoms with Crippen molar-refractivity contribution in [3.8, 4) is 5.88 Å². The number of aliphatic hydroxyl groups is 1. The molecule has 8 heteroatoms. The Labute approximate surface area is 213 Å². The Kier molecular flexibility index (Phi) is 8.29. The SMILES string of the molecule is CCC1CC2(O)CCCC(C2)C1NC(=O)c1onc(OCC2CCNCC2)c1SC1CCCCC1. The van der Waals surface area contributed by atoms with Gasteiger partial charge in [0.1, 0.15) is 4.90 Å². The number of thioether (sulfide) groups is 1. The van der Waals surface area contributed by atoms with Crippen LogP contribution in [0.25, 0.3) is 0 Å². The van der Waals surface area contributed by atoms with E-state index in [1.54, 1.807) is 11.8 Å². The lowest BCUT2D eigenvalue weighted by atomic mass is 9.62. The molecule has 0 spiro atoms. The van der Waals surface area contributed by atoms with Crippen molar-refractivity contribution >= 4 is 17.7 Å². The molecular weight excluding hydrogens is 462 g/mol. The summed E-state index contributed by atoms with van der Waals surface area (Å²) in [6, 6.07) is 0.0739. The number of piperidine rings is 1. The molecule has 3 saturated carbocycles. The van der Waals surface area contributed by atoms with Crippen LogP contribution in [0.15, 0.2) is 9.42 Å². The van der Waals surface area contributed by atoms with Crippen LogP contribution in [0.2, 0.25) is 0 Å². The van der Waals surface area contributed by atoms with Crippen LogP contribution in [0.4, 0.5) is 0 Å². The zero-order valence-electron chi connectivity index (χ0n) is 21.2. The monoisotopic (exact) mass is 505 g/mol. The maximum absolute atomic E-state index is 13.6. The van der Waals surface area contributed by atoms with Gasteiger partial charge in [-0.05, 0) is 87.4 Å². The van der Waals surface area contributed by atoms with Crippen LogP contribution in [0, 0.1) is 17.8 Å². The van der Waals surface area contributed by atoms with Crippen molar-refractivity contribution in [1.82, 2.24) is 15.8 Å². The van der Waals surface area contributed by atoms with Gasteiger partial charge in [0, 0.05) is 11.3 Å². The molecule has 1 aromatic heterocycles. The van der Waals surface area contributed by atoms with E-state index in [9.17, 15) is 9.90 Å². The number of nitrogens with one attached hydrogen (secondary N) is 2. The Morgan fingerprint density at radius 3 is 2.74 bits per heavy atom. The molecule has 1 aliphatic heterocycles. The summed E-state index contributed by atoms with van der Waals surface area (Å²) in [5.41, 5.74) is -0.547. The number of rotatable bonds is 8. The molecule has 0 aromatic carbocycles. The van der Waals surface area contributed by atoms with Crippen molar-refractivity contribution < 1.29 is 19.2 Å². The predicted molar refractivity (Wildman–Crippen MR) is 137 cm³/mol. The third kappa shape index (κ3) is 6.02. The van der Waals surface area contributed by atoms with E-state index in [0.29, 0.717) is 35.3 Å². The lowest BCUT2D eigenvalue weighted by Gasteiger charge is -2.49. The summed E-state index contributed by atoms with van der Waals surface area (Å²) in [4.78, 5) is 14.4. The van der Waals surface area contributed by atoms with Gasteiger partial charge < -0.3 is 25.0 Å². The van der Waals surface area contributed by atoms with Gasteiger partial charge in [-0.3, -0.25) is 4.79 Å². The third-order valence-electron chi connectivity index (χ3n) is 8.92. The van der Waals surface area contributed by atoms with Crippen molar-refractivity contribution in [2.75, 3.05) is 19.7 Å². The van der Waals surface area contributed by atoms with Crippen LogP contribution in [-0.4, -0.2) is 52.8 Å². The van der Waals surface area contributed by atoms with Gasteiger partial charge in [0.15, 0.2) is 0 Å². The van der Waals surface area contributed by atoms with Gasteiger partial charge in [0.05, 0.1) is 12.2 Å². The summed E-state index contributed by atoms with van der Waals surface area (Å²) in [6.07, 6.45) is 13.8. The van der Waals surface area contributed by atoms with Gasteiger partial charge in [-0.2, -0.15) is 0 Å². The molecule has 5 rings (SSSR count). The van der Waals surface area contributed by atoms with Gasteiger partial charge in [-0.25, -0.2) is 0 Å². The van der Waals surface area contributed by atoms with Crippen LogP contribution >= 0.6 is 11.8 Å². The van der Waals surface area contributed by atoms with Crippen molar-refractivity contribution in [2.45, 2.75) is 112 Å². The summed E-state index contributed by atoms with van der Waals surface area (Å²) in [5.74, 6) is 1.75. The van der Waals surface area contributed by atoms with Crippen LogP contribution < -0.4 is 15.4 Å². The Hall–Kier alpha value is -1.25. The second-order valence-electron chi connectivity index (χ2n) is 11.5. The average molecular weight is 506 g/mol. The van der Waals surface area contributed by atoms with E-state index in [1.165, 1.54) is 19.3 Å². The molecular formula is C27H43N3O4S. The molecule has 4 aliphatic rings. The fourth-order valence-corrected chi connectivity index (χ4v) is 8.27. The minimum Gasteiger partial charge on any atom is -0.474 e. The Bertz CT molecular complexity index is 849. The molecule has 0 radical (unpaired) electrons. The third-order valence-corrected chi connectivity index (χ3v) is 10.3. The van der Waals surface area contributed by atoms with Gasteiger partial charge in [0.2, 0.25) is 5.76 Å². The number of aromatic nitrogens is 1. The first kappa shape index (κ1) is 25.4. The predicted octanol–water partition coefficient (Wildman–Crippen LogP) is 4.93. The maximum Gasteiger partial charge on any atom is 0.291 e. The highest BCUT2D eigenvalue weighted by Crippen LogP contribution is 2.47. The van der Waals surface area contributed by atoms with E-state index < -0.39 is 5.60 Å². The zero-order valence-corrected chi connectivity index (χ0v) is 22.0. The van der Waals surface area contributed by atoms with Crippen molar-refractivity contribution in [1.29, 1.82) is 0 Å². The Morgan fingerprint density at radius 2 is 1.97 bits per heavy atom. The first-order valence-corrected chi connectivity index (χ1v) is 15.0. The van der Waals surface area contributed by atoms with Crippen molar-refractivity contribution in [2.24, 2.45) is 17.8 Å². The van der Waals surface area contributed by atoms with E-state index in [4.69, 9.17) is 9.26 Å². The topological polar surface area (TPSA) is 96.6 Å². The first-order valence-electron chi connectivity index (χ1n) is 14.1. The number of carbonyl (C=O) groups is 1. The number of hydrogen-bond donors (Lipinski definition) is 3. The number of amides is 1. The number of fused-ring (bicyclic) bond motifs is 2. The highest BCUT2D eigenvalue weighted by atomic mass is 32.2. The molecule has 196 valence electrons. The molecule has 1 saturated heterocycles. The molecule has 2 heterocycles. The lowest BCUT2D eigenvalue weighted by Crippen LogP contribution is -2.56. The molecule has 4 fully saturated rings. The normalized spacial score (nSPS) is 32.3. The van der Waals surface area contributed by atoms with Crippen LogP contribution in [0.3, 0.4) is 0 Å². The van der Waals surface area contributed by atoms with E-state index in [2.05, 4.69) is 22.7 Å². The van der Waals surface area contributed by atoms with Gasteiger partial charge in [0.25, 0.3) is 11.8 Å². The van der Waals surface area contributed by atoms with Crippen LogP contribution in [0.5, 0.6) is 5.88 Å². The Morgan fingerprint density at radius 1 is 1.17 bits per heavy atom. The van der Waals surface area contributed by atoms with Gasteiger partial charge >= 0.3 is 0 Å².